The minimum atomic E-state index is -4.76. The molecule has 1 amide bonds. The van der Waals surface area contributed by atoms with Gasteiger partial charge in [0.05, 0.1) is 17.2 Å². The monoisotopic (exact) mass is 410 g/mol. The Balaban J connectivity index is 1.71. The molecule has 1 atom stereocenters. The number of rotatable bonds is 5. The van der Waals surface area contributed by atoms with E-state index in [0.29, 0.717) is 13.0 Å². The first-order chi connectivity index (χ1) is 13.8. The van der Waals surface area contributed by atoms with Crippen molar-refractivity contribution in [1.82, 2.24) is 9.47 Å². The summed E-state index contributed by atoms with van der Waals surface area (Å²) in [6, 6.07) is 8.79. The predicted octanol–water partition coefficient (Wildman–Crippen LogP) is 4.40. The number of carboxylic acids is 1. The van der Waals surface area contributed by atoms with E-state index >= 15 is 0 Å². The van der Waals surface area contributed by atoms with Gasteiger partial charge in [0.25, 0.3) is 0 Å². The van der Waals surface area contributed by atoms with Crippen LogP contribution in [0.15, 0.2) is 42.7 Å². The molecule has 1 saturated heterocycles. The summed E-state index contributed by atoms with van der Waals surface area (Å²) in [7, 11) is 0. The lowest BCUT2D eigenvalue weighted by molar-refractivity contribution is -0.138. The molecule has 1 aliphatic rings. The second-order valence-electron chi connectivity index (χ2n) is 6.97. The molecule has 0 saturated carbocycles. The third-order valence-electron chi connectivity index (χ3n) is 4.90. The molecule has 1 aromatic carbocycles. The van der Waals surface area contributed by atoms with Crippen LogP contribution in [-0.2, 0) is 24.1 Å². The van der Waals surface area contributed by atoms with E-state index in [1.165, 1.54) is 9.47 Å². The number of carbonyl (C=O) groups is 2. The van der Waals surface area contributed by atoms with Gasteiger partial charge in [0, 0.05) is 25.5 Å². The number of piperidine rings is 1. The fourth-order valence-electron chi connectivity index (χ4n) is 3.49. The highest BCUT2D eigenvalue weighted by molar-refractivity contribution is 5.89. The SMILES string of the molecule is O=C(O)c1cn(CC2CCCCN2C(=O)OCc2ccccc2)cc1C(F)(F)F. The van der Waals surface area contributed by atoms with Gasteiger partial charge >= 0.3 is 18.2 Å². The smallest absolute Gasteiger partial charge is 0.418 e. The number of carboxylic acid groups (broad SMARTS) is 1. The highest BCUT2D eigenvalue weighted by Gasteiger charge is 2.37. The fraction of sp³-hybridized carbons (Fsp3) is 0.400. The van der Waals surface area contributed by atoms with Crippen LogP contribution in [-0.4, -0.2) is 39.2 Å². The lowest BCUT2D eigenvalue weighted by atomic mass is 10.0. The summed E-state index contributed by atoms with van der Waals surface area (Å²) >= 11 is 0. The van der Waals surface area contributed by atoms with E-state index in [2.05, 4.69) is 0 Å². The molecule has 1 aromatic heterocycles. The Morgan fingerprint density at radius 1 is 1.14 bits per heavy atom. The van der Waals surface area contributed by atoms with Crippen LogP contribution in [0.2, 0.25) is 0 Å². The number of ether oxygens (including phenoxy) is 1. The van der Waals surface area contributed by atoms with Crippen LogP contribution in [0.4, 0.5) is 18.0 Å². The number of aromatic nitrogens is 1. The lowest BCUT2D eigenvalue weighted by Crippen LogP contribution is -2.45. The van der Waals surface area contributed by atoms with Gasteiger partial charge < -0.3 is 19.3 Å². The number of hydrogen-bond acceptors (Lipinski definition) is 3. The number of carbonyl (C=O) groups excluding carboxylic acids is 1. The van der Waals surface area contributed by atoms with E-state index in [4.69, 9.17) is 9.84 Å². The molecule has 29 heavy (non-hydrogen) atoms. The van der Waals surface area contributed by atoms with Crippen molar-refractivity contribution >= 4 is 12.1 Å². The van der Waals surface area contributed by atoms with Crippen LogP contribution in [0.3, 0.4) is 0 Å². The van der Waals surface area contributed by atoms with Crippen molar-refractivity contribution in [3.05, 3.63) is 59.4 Å². The number of likely N-dealkylation sites (tertiary alicyclic amines) is 1. The molecular weight excluding hydrogens is 389 g/mol. The van der Waals surface area contributed by atoms with Crippen LogP contribution in [0, 0.1) is 0 Å². The molecule has 0 bridgehead atoms. The molecule has 9 heteroatoms. The van der Waals surface area contributed by atoms with Crippen LogP contribution in [0.5, 0.6) is 0 Å². The molecule has 0 aliphatic carbocycles. The van der Waals surface area contributed by atoms with Gasteiger partial charge in [-0.05, 0) is 24.8 Å². The number of halogens is 3. The van der Waals surface area contributed by atoms with Crippen molar-refractivity contribution in [1.29, 1.82) is 0 Å². The molecule has 1 unspecified atom stereocenters. The maximum atomic E-state index is 13.1. The Morgan fingerprint density at radius 2 is 1.86 bits per heavy atom. The average molecular weight is 410 g/mol. The zero-order valence-electron chi connectivity index (χ0n) is 15.6. The number of hydrogen-bond donors (Lipinski definition) is 1. The van der Waals surface area contributed by atoms with Crippen LogP contribution in [0.25, 0.3) is 0 Å². The number of aromatic carboxylic acids is 1. The molecule has 6 nitrogen and oxygen atoms in total. The first-order valence-corrected chi connectivity index (χ1v) is 9.23. The van der Waals surface area contributed by atoms with Crippen LogP contribution < -0.4 is 0 Å². The number of amides is 1. The van der Waals surface area contributed by atoms with Gasteiger partial charge in [-0.3, -0.25) is 0 Å². The maximum absolute atomic E-state index is 13.1. The summed E-state index contributed by atoms with van der Waals surface area (Å²) in [5, 5.41) is 9.07. The zero-order chi connectivity index (χ0) is 21.0. The quantitative estimate of drug-likeness (QED) is 0.793. The standard InChI is InChI=1S/C20H21F3N2O4/c21-20(22,23)17-12-24(11-16(17)18(26)27)10-15-8-4-5-9-25(15)19(28)29-13-14-6-2-1-3-7-14/h1-3,6-7,11-12,15H,4-5,8-10,13H2,(H,26,27). The summed E-state index contributed by atoms with van der Waals surface area (Å²) in [5.41, 5.74) is -1.16. The number of nitrogens with zero attached hydrogens (tertiary/aromatic N) is 2. The molecular formula is C20H21F3N2O4. The Morgan fingerprint density at radius 3 is 2.48 bits per heavy atom. The predicted molar refractivity (Wildman–Crippen MR) is 97.4 cm³/mol. The molecule has 1 N–H and O–H groups in total. The van der Waals surface area contributed by atoms with Gasteiger partial charge in [-0.1, -0.05) is 30.3 Å². The number of benzene rings is 1. The minimum absolute atomic E-state index is 0.0663. The van der Waals surface area contributed by atoms with Gasteiger partial charge in [0.1, 0.15) is 6.61 Å². The van der Waals surface area contributed by atoms with Crippen molar-refractivity contribution in [3.8, 4) is 0 Å². The van der Waals surface area contributed by atoms with Gasteiger partial charge in [-0.15, -0.1) is 0 Å². The van der Waals surface area contributed by atoms with Gasteiger partial charge in [0.15, 0.2) is 0 Å². The summed E-state index contributed by atoms with van der Waals surface area (Å²) in [4.78, 5) is 25.2. The molecule has 2 aromatic rings. The molecule has 1 fully saturated rings. The third kappa shape index (κ3) is 5.10. The van der Waals surface area contributed by atoms with Gasteiger partial charge in [-0.2, -0.15) is 13.2 Å². The summed E-state index contributed by atoms with van der Waals surface area (Å²) < 4.78 is 45.9. The van der Waals surface area contributed by atoms with Crippen molar-refractivity contribution in [2.75, 3.05) is 6.54 Å². The second-order valence-corrected chi connectivity index (χ2v) is 6.97. The highest BCUT2D eigenvalue weighted by Crippen LogP contribution is 2.33. The van der Waals surface area contributed by atoms with E-state index in [0.717, 1.165) is 30.8 Å². The van der Waals surface area contributed by atoms with Crippen molar-refractivity contribution in [2.45, 2.75) is 44.6 Å². The molecule has 3 rings (SSSR count). The van der Waals surface area contributed by atoms with Crippen LogP contribution >= 0.6 is 0 Å². The zero-order valence-corrected chi connectivity index (χ0v) is 15.6. The Kier molecular flexibility index (Phi) is 6.14. The fourth-order valence-corrected chi connectivity index (χ4v) is 3.49. The van der Waals surface area contributed by atoms with Crippen molar-refractivity contribution in [3.63, 3.8) is 0 Å². The molecule has 156 valence electrons. The molecule has 1 aliphatic heterocycles. The molecule has 2 heterocycles. The summed E-state index contributed by atoms with van der Waals surface area (Å²) in [6.45, 7) is 0.613. The Bertz CT molecular complexity index is 864. The number of alkyl halides is 3. The third-order valence-corrected chi connectivity index (χ3v) is 4.90. The topological polar surface area (TPSA) is 71.8 Å². The Hall–Kier alpha value is -2.97. The minimum Gasteiger partial charge on any atom is -0.478 e. The van der Waals surface area contributed by atoms with E-state index in [1.54, 1.807) is 0 Å². The van der Waals surface area contributed by atoms with Crippen LogP contribution in [0.1, 0.15) is 40.7 Å². The van der Waals surface area contributed by atoms with Crippen molar-refractivity contribution < 1.29 is 32.6 Å². The van der Waals surface area contributed by atoms with Gasteiger partial charge in [0.2, 0.25) is 0 Å². The highest BCUT2D eigenvalue weighted by atomic mass is 19.4. The summed E-state index contributed by atoms with van der Waals surface area (Å²) in [6.07, 6.45) is -1.34. The summed E-state index contributed by atoms with van der Waals surface area (Å²) in [5.74, 6) is -1.64. The van der Waals surface area contributed by atoms with E-state index in [1.807, 2.05) is 30.3 Å². The second kappa shape index (κ2) is 8.59. The van der Waals surface area contributed by atoms with E-state index < -0.39 is 29.4 Å². The van der Waals surface area contributed by atoms with E-state index in [9.17, 15) is 22.8 Å². The van der Waals surface area contributed by atoms with E-state index in [-0.39, 0.29) is 19.2 Å². The Labute approximate surface area is 165 Å². The normalized spacial score (nSPS) is 17.2. The molecule has 0 spiro atoms. The molecule has 0 radical (unpaired) electrons. The van der Waals surface area contributed by atoms with Gasteiger partial charge in [-0.25, -0.2) is 9.59 Å². The average Bonchev–Trinajstić information content (AvgIpc) is 3.12. The lowest BCUT2D eigenvalue weighted by Gasteiger charge is -2.35. The largest absolute Gasteiger partial charge is 0.478 e. The van der Waals surface area contributed by atoms with Crippen molar-refractivity contribution in [2.24, 2.45) is 0 Å². The maximum Gasteiger partial charge on any atom is 0.418 e. The first kappa shape index (κ1) is 20.8. The first-order valence-electron chi connectivity index (χ1n) is 9.23.